The zero-order chi connectivity index (χ0) is 8.43. The lowest BCUT2D eigenvalue weighted by Gasteiger charge is -1.97. The van der Waals surface area contributed by atoms with Crippen LogP contribution < -0.4 is 0 Å². The van der Waals surface area contributed by atoms with Crippen LogP contribution in [0.25, 0.3) is 0 Å². The van der Waals surface area contributed by atoms with Crippen molar-refractivity contribution in [1.82, 2.24) is 4.98 Å². The molecule has 1 heterocycles. The molecule has 11 heavy (non-hydrogen) atoms. The molecule has 2 nitrogen and oxygen atoms in total. The molecule has 0 saturated carbocycles. The van der Waals surface area contributed by atoms with Crippen molar-refractivity contribution in [3.8, 4) is 0 Å². The molecular formula is C6H2BrCl2NO. The van der Waals surface area contributed by atoms with Gasteiger partial charge in [0.2, 0.25) is 0 Å². The van der Waals surface area contributed by atoms with Gasteiger partial charge in [-0.2, -0.15) is 0 Å². The van der Waals surface area contributed by atoms with Crippen LogP contribution in [-0.2, 0) is 0 Å². The lowest BCUT2D eigenvalue weighted by atomic mass is 10.3. The van der Waals surface area contributed by atoms with Crippen molar-refractivity contribution in [2.24, 2.45) is 0 Å². The molecule has 1 aromatic heterocycles. The Morgan fingerprint density at radius 1 is 1.45 bits per heavy atom. The summed E-state index contributed by atoms with van der Waals surface area (Å²) in [6, 6.07) is 1.52. The molecule has 0 atom stereocenters. The average molecular weight is 255 g/mol. The van der Waals surface area contributed by atoms with Gasteiger partial charge in [-0.1, -0.05) is 23.2 Å². The van der Waals surface area contributed by atoms with E-state index in [1.54, 1.807) is 0 Å². The minimum absolute atomic E-state index is 0.119. The van der Waals surface area contributed by atoms with Crippen molar-refractivity contribution in [2.45, 2.75) is 0 Å². The monoisotopic (exact) mass is 253 g/mol. The number of aldehydes is 1. The van der Waals surface area contributed by atoms with Crippen molar-refractivity contribution in [2.75, 3.05) is 0 Å². The Balaban J connectivity index is 3.31. The summed E-state index contributed by atoms with van der Waals surface area (Å²) in [4.78, 5) is 14.0. The smallest absolute Gasteiger partial charge is 0.153 e. The summed E-state index contributed by atoms with van der Waals surface area (Å²) in [6.45, 7) is 0. The third kappa shape index (κ3) is 1.92. The van der Waals surface area contributed by atoms with Gasteiger partial charge in [0.05, 0.1) is 10.0 Å². The van der Waals surface area contributed by atoms with Crippen LogP contribution in [0, 0.1) is 0 Å². The molecule has 0 radical (unpaired) electrons. The second-order valence-corrected chi connectivity index (χ2v) is 3.33. The third-order valence-corrected chi connectivity index (χ3v) is 2.46. The summed E-state index contributed by atoms with van der Waals surface area (Å²) in [5.41, 5.74) is 0.322. The van der Waals surface area contributed by atoms with E-state index in [-0.39, 0.29) is 10.3 Å². The van der Waals surface area contributed by atoms with Gasteiger partial charge in [-0.05, 0) is 22.0 Å². The Kier molecular flexibility index (Phi) is 2.87. The fourth-order valence-corrected chi connectivity index (χ4v) is 1.24. The number of hydrogen-bond acceptors (Lipinski definition) is 2. The van der Waals surface area contributed by atoms with E-state index in [1.165, 1.54) is 6.07 Å². The van der Waals surface area contributed by atoms with Crippen molar-refractivity contribution >= 4 is 45.4 Å². The van der Waals surface area contributed by atoms with E-state index in [1.807, 2.05) is 0 Å². The number of nitrogens with zero attached hydrogens (tertiary/aromatic N) is 1. The first-order chi connectivity index (χ1) is 5.15. The zero-order valence-corrected chi connectivity index (χ0v) is 8.24. The summed E-state index contributed by atoms with van der Waals surface area (Å²) < 4.78 is 0.561. The maximum absolute atomic E-state index is 10.3. The molecule has 0 fully saturated rings. The van der Waals surface area contributed by atoms with E-state index < -0.39 is 0 Å². The SMILES string of the molecule is O=Cc1cc(Br)c(Cl)nc1Cl. The zero-order valence-electron chi connectivity index (χ0n) is 5.14. The normalized spacial score (nSPS) is 9.73. The first-order valence-corrected chi connectivity index (χ1v) is 4.16. The molecular weight excluding hydrogens is 253 g/mol. The fourth-order valence-electron chi connectivity index (χ4n) is 0.542. The Morgan fingerprint density at radius 3 is 2.64 bits per heavy atom. The highest BCUT2D eigenvalue weighted by Crippen LogP contribution is 2.24. The van der Waals surface area contributed by atoms with Crippen molar-refractivity contribution in [3.05, 3.63) is 26.4 Å². The first kappa shape index (κ1) is 8.97. The van der Waals surface area contributed by atoms with Crippen molar-refractivity contribution < 1.29 is 4.79 Å². The molecule has 1 rings (SSSR count). The lowest BCUT2D eigenvalue weighted by molar-refractivity contribution is 0.112. The minimum Gasteiger partial charge on any atom is -0.298 e. The molecule has 0 amide bonds. The summed E-state index contributed by atoms with van der Waals surface area (Å²) in [5.74, 6) is 0. The second-order valence-electron chi connectivity index (χ2n) is 1.76. The summed E-state index contributed by atoms with van der Waals surface area (Å²) >= 11 is 14.2. The van der Waals surface area contributed by atoms with E-state index in [4.69, 9.17) is 23.2 Å². The van der Waals surface area contributed by atoms with Crippen LogP contribution in [0.3, 0.4) is 0 Å². The summed E-state index contributed by atoms with van der Waals surface area (Å²) in [6.07, 6.45) is 0.621. The lowest BCUT2D eigenvalue weighted by Crippen LogP contribution is -1.87. The largest absolute Gasteiger partial charge is 0.298 e. The summed E-state index contributed by atoms with van der Waals surface area (Å²) in [5, 5.41) is 0.369. The van der Waals surface area contributed by atoms with Gasteiger partial charge >= 0.3 is 0 Å². The Labute approximate surface area is 81.7 Å². The number of aromatic nitrogens is 1. The van der Waals surface area contributed by atoms with Gasteiger partial charge in [0.25, 0.3) is 0 Å². The highest BCUT2D eigenvalue weighted by Gasteiger charge is 2.05. The van der Waals surface area contributed by atoms with Gasteiger partial charge in [0.15, 0.2) is 6.29 Å². The Morgan fingerprint density at radius 2 is 2.09 bits per heavy atom. The molecule has 5 heteroatoms. The fraction of sp³-hybridized carbons (Fsp3) is 0. The average Bonchev–Trinajstić information content (AvgIpc) is 1.97. The predicted molar refractivity (Wildman–Crippen MR) is 47.3 cm³/mol. The quantitative estimate of drug-likeness (QED) is 0.570. The number of halogens is 3. The molecule has 0 aliphatic rings. The highest BCUT2D eigenvalue weighted by molar-refractivity contribution is 9.10. The molecule has 0 spiro atoms. The van der Waals surface area contributed by atoms with Crippen LogP contribution in [0.5, 0.6) is 0 Å². The number of carbonyl (C=O) groups is 1. The van der Waals surface area contributed by atoms with Gasteiger partial charge in [0.1, 0.15) is 10.3 Å². The van der Waals surface area contributed by atoms with Gasteiger partial charge in [-0.3, -0.25) is 4.79 Å². The Bertz CT molecular complexity index is 303. The van der Waals surface area contributed by atoms with Crippen molar-refractivity contribution in [1.29, 1.82) is 0 Å². The second kappa shape index (κ2) is 3.52. The number of rotatable bonds is 1. The molecule has 0 saturated heterocycles. The van der Waals surface area contributed by atoms with Crippen LogP contribution >= 0.6 is 39.1 Å². The first-order valence-electron chi connectivity index (χ1n) is 2.62. The molecule has 0 unspecified atom stereocenters. The molecule has 1 aromatic rings. The molecule has 0 aliphatic heterocycles. The number of carbonyl (C=O) groups excluding carboxylic acids is 1. The summed E-state index contributed by atoms with van der Waals surface area (Å²) in [7, 11) is 0. The molecule has 0 N–H and O–H groups in total. The topological polar surface area (TPSA) is 30.0 Å². The maximum Gasteiger partial charge on any atom is 0.153 e. The van der Waals surface area contributed by atoms with Crippen LogP contribution in [-0.4, -0.2) is 11.3 Å². The van der Waals surface area contributed by atoms with Gasteiger partial charge in [-0.15, -0.1) is 0 Å². The van der Waals surface area contributed by atoms with Crippen molar-refractivity contribution in [3.63, 3.8) is 0 Å². The predicted octanol–water partition coefficient (Wildman–Crippen LogP) is 2.96. The number of pyridine rings is 1. The number of hydrogen-bond donors (Lipinski definition) is 0. The van der Waals surface area contributed by atoms with Crippen LogP contribution in [0.4, 0.5) is 0 Å². The van der Waals surface area contributed by atoms with E-state index in [2.05, 4.69) is 20.9 Å². The van der Waals surface area contributed by atoms with E-state index >= 15 is 0 Å². The van der Waals surface area contributed by atoms with Gasteiger partial charge in [-0.25, -0.2) is 4.98 Å². The van der Waals surface area contributed by atoms with Crippen LogP contribution in [0.15, 0.2) is 10.5 Å². The molecule has 58 valence electrons. The molecule has 0 aromatic carbocycles. The van der Waals surface area contributed by atoms with Crippen LogP contribution in [0.2, 0.25) is 10.3 Å². The molecule has 0 aliphatic carbocycles. The Hall–Kier alpha value is -0.120. The van der Waals surface area contributed by atoms with Gasteiger partial charge < -0.3 is 0 Å². The van der Waals surface area contributed by atoms with E-state index in [9.17, 15) is 4.79 Å². The van der Waals surface area contributed by atoms with E-state index in [0.29, 0.717) is 16.3 Å². The molecule has 0 bridgehead atoms. The highest BCUT2D eigenvalue weighted by atomic mass is 79.9. The van der Waals surface area contributed by atoms with E-state index in [0.717, 1.165) is 0 Å². The van der Waals surface area contributed by atoms with Gasteiger partial charge in [0, 0.05) is 0 Å². The maximum atomic E-state index is 10.3. The third-order valence-electron chi connectivity index (χ3n) is 1.04. The minimum atomic E-state index is 0.119. The van der Waals surface area contributed by atoms with Crippen LogP contribution in [0.1, 0.15) is 10.4 Å². The standard InChI is InChI=1S/C6H2BrCl2NO/c7-4-1-3(2-11)5(8)10-6(4)9/h1-2H.